The second-order valence-corrected chi connectivity index (χ2v) is 7.52. The Kier molecular flexibility index (Phi) is 8.50. The van der Waals surface area contributed by atoms with Gasteiger partial charge in [-0.2, -0.15) is 4.98 Å². The van der Waals surface area contributed by atoms with Gasteiger partial charge in [-0.1, -0.05) is 17.3 Å². The van der Waals surface area contributed by atoms with E-state index >= 15 is 0 Å². The zero-order valence-electron chi connectivity index (χ0n) is 18.4. The number of aryl methyl sites for hydroxylation is 2. The minimum atomic E-state index is 0.249. The molecule has 164 valence electrons. The van der Waals surface area contributed by atoms with Crippen molar-refractivity contribution in [1.82, 2.24) is 25.7 Å². The third-order valence-corrected chi connectivity index (χ3v) is 5.26. The smallest absolute Gasteiger partial charge is 0.226 e. The molecule has 2 aromatic rings. The van der Waals surface area contributed by atoms with Gasteiger partial charge in [0.2, 0.25) is 5.89 Å². The van der Waals surface area contributed by atoms with Crippen LogP contribution in [0.15, 0.2) is 33.8 Å². The van der Waals surface area contributed by atoms with Gasteiger partial charge in [-0.15, -0.1) is 0 Å². The van der Waals surface area contributed by atoms with Crippen LogP contribution >= 0.6 is 0 Å². The molecule has 0 radical (unpaired) electrons. The molecule has 0 spiro atoms. The zero-order chi connectivity index (χ0) is 21.2. The molecule has 8 heteroatoms. The fourth-order valence-corrected chi connectivity index (χ4v) is 3.74. The van der Waals surface area contributed by atoms with E-state index in [0.717, 1.165) is 50.7 Å². The molecule has 2 heterocycles. The van der Waals surface area contributed by atoms with Crippen LogP contribution < -0.4 is 15.4 Å². The van der Waals surface area contributed by atoms with Gasteiger partial charge >= 0.3 is 0 Å². The number of benzene rings is 1. The van der Waals surface area contributed by atoms with Crippen LogP contribution in [0.25, 0.3) is 0 Å². The maximum atomic E-state index is 5.44. The molecule has 1 aromatic carbocycles. The highest BCUT2D eigenvalue weighted by atomic mass is 16.5. The summed E-state index contributed by atoms with van der Waals surface area (Å²) in [6, 6.07) is 8.60. The minimum Gasteiger partial charge on any atom is -0.497 e. The van der Waals surface area contributed by atoms with Crippen molar-refractivity contribution in [2.24, 2.45) is 4.99 Å². The highest BCUT2D eigenvalue weighted by Crippen LogP contribution is 2.27. The molecule has 3 rings (SSSR count). The summed E-state index contributed by atoms with van der Waals surface area (Å²) in [5.41, 5.74) is 1.25. The lowest BCUT2D eigenvalue weighted by Gasteiger charge is -2.27. The second kappa shape index (κ2) is 11.5. The lowest BCUT2D eigenvalue weighted by Crippen LogP contribution is -2.39. The van der Waals surface area contributed by atoms with Crippen molar-refractivity contribution >= 4 is 5.96 Å². The van der Waals surface area contributed by atoms with Crippen LogP contribution in [0.3, 0.4) is 0 Å². The van der Waals surface area contributed by atoms with Crippen LogP contribution in [0.4, 0.5) is 0 Å². The van der Waals surface area contributed by atoms with Gasteiger partial charge in [-0.05, 0) is 63.9 Å². The molecule has 1 aromatic heterocycles. The molecule has 0 saturated carbocycles. The normalized spacial score (nSPS) is 15.9. The number of hydrogen-bond acceptors (Lipinski definition) is 6. The predicted molar refractivity (Wildman–Crippen MR) is 118 cm³/mol. The van der Waals surface area contributed by atoms with Gasteiger partial charge in [0.1, 0.15) is 5.75 Å². The quantitative estimate of drug-likeness (QED) is 0.351. The highest BCUT2D eigenvalue weighted by molar-refractivity contribution is 5.79. The van der Waals surface area contributed by atoms with Crippen molar-refractivity contribution in [1.29, 1.82) is 0 Å². The molecule has 0 amide bonds. The SMILES string of the molecule is CCNC(=NCC(c1cccc(OC)c1)N1CCCC1)NCCCc1nc(C)no1. The first-order chi connectivity index (χ1) is 14.7. The van der Waals surface area contributed by atoms with E-state index in [9.17, 15) is 0 Å². The Bertz CT molecular complexity index is 800. The Morgan fingerprint density at radius 2 is 2.13 bits per heavy atom. The highest BCUT2D eigenvalue weighted by Gasteiger charge is 2.23. The summed E-state index contributed by atoms with van der Waals surface area (Å²) in [5, 5.41) is 10.6. The molecule has 8 nitrogen and oxygen atoms in total. The Morgan fingerprint density at radius 3 is 2.83 bits per heavy atom. The van der Waals surface area contributed by atoms with Gasteiger partial charge in [0.15, 0.2) is 11.8 Å². The number of likely N-dealkylation sites (tertiary alicyclic amines) is 1. The summed E-state index contributed by atoms with van der Waals surface area (Å²) >= 11 is 0. The first-order valence-corrected chi connectivity index (χ1v) is 10.9. The molecule has 1 aliphatic heterocycles. The maximum absolute atomic E-state index is 5.44. The van der Waals surface area contributed by atoms with E-state index in [2.05, 4.69) is 50.8 Å². The molecular formula is C22H34N6O2. The number of aromatic nitrogens is 2. The number of nitrogens with zero attached hydrogens (tertiary/aromatic N) is 4. The monoisotopic (exact) mass is 414 g/mol. The number of ether oxygens (including phenoxy) is 1. The van der Waals surface area contributed by atoms with Crippen molar-refractivity contribution in [3.63, 3.8) is 0 Å². The Hall–Kier alpha value is -2.61. The van der Waals surface area contributed by atoms with Gasteiger partial charge in [0, 0.05) is 19.5 Å². The first-order valence-electron chi connectivity index (χ1n) is 10.9. The molecule has 1 aliphatic rings. The summed E-state index contributed by atoms with van der Waals surface area (Å²) in [4.78, 5) is 11.7. The molecule has 1 fully saturated rings. The number of aliphatic imine (C=N–C) groups is 1. The third-order valence-electron chi connectivity index (χ3n) is 5.26. The van der Waals surface area contributed by atoms with Crippen LogP contribution in [-0.2, 0) is 6.42 Å². The molecule has 0 aliphatic carbocycles. The van der Waals surface area contributed by atoms with Crippen molar-refractivity contribution in [3.8, 4) is 5.75 Å². The zero-order valence-corrected chi connectivity index (χ0v) is 18.4. The average Bonchev–Trinajstić information content (AvgIpc) is 3.43. The van der Waals surface area contributed by atoms with Crippen LogP contribution in [0, 0.1) is 6.92 Å². The lowest BCUT2D eigenvalue weighted by atomic mass is 10.1. The van der Waals surface area contributed by atoms with E-state index in [1.54, 1.807) is 7.11 Å². The van der Waals surface area contributed by atoms with E-state index in [0.29, 0.717) is 18.3 Å². The number of hydrogen-bond donors (Lipinski definition) is 2. The van der Waals surface area contributed by atoms with Gasteiger partial charge in [-0.3, -0.25) is 9.89 Å². The van der Waals surface area contributed by atoms with Crippen molar-refractivity contribution in [3.05, 3.63) is 41.5 Å². The van der Waals surface area contributed by atoms with Crippen LogP contribution in [0.2, 0.25) is 0 Å². The van der Waals surface area contributed by atoms with Crippen LogP contribution in [0.5, 0.6) is 5.75 Å². The lowest BCUT2D eigenvalue weighted by molar-refractivity contribution is 0.251. The molecule has 1 unspecified atom stereocenters. The first kappa shape index (κ1) is 22.1. The number of nitrogens with one attached hydrogen (secondary N) is 2. The van der Waals surface area contributed by atoms with E-state index in [1.807, 2.05) is 13.0 Å². The molecule has 1 atom stereocenters. The topological polar surface area (TPSA) is 87.8 Å². The maximum Gasteiger partial charge on any atom is 0.226 e. The van der Waals surface area contributed by atoms with E-state index in [1.165, 1.54) is 18.4 Å². The standard InChI is InChI=1S/C22H34N6O2/c1-4-23-22(24-12-8-11-21-26-17(2)27-30-21)25-16-20(28-13-5-6-14-28)18-9-7-10-19(15-18)29-3/h7,9-10,15,20H,4-6,8,11-14,16H2,1-3H3,(H2,23,24,25). The summed E-state index contributed by atoms with van der Waals surface area (Å²) < 4.78 is 10.6. The molecule has 0 bridgehead atoms. The minimum absolute atomic E-state index is 0.249. The predicted octanol–water partition coefficient (Wildman–Crippen LogP) is 2.71. The summed E-state index contributed by atoms with van der Waals surface area (Å²) in [7, 11) is 1.71. The van der Waals surface area contributed by atoms with Crippen LogP contribution in [-0.4, -0.2) is 60.8 Å². The van der Waals surface area contributed by atoms with Crippen molar-refractivity contribution < 1.29 is 9.26 Å². The van der Waals surface area contributed by atoms with Crippen molar-refractivity contribution in [2.75, 3.05) is 39.8 Å². The second-order valence-electron chi connectivity index (χ2n) is 7.52. The largest absolute Gasteiger partial charge is 0.497 e. The van der Waals surface area contributed by atoms with E-state index < -0.39 is 0 Å². The molecule has 30 heavy (non-hydrogen) atoms. The number of guanidine groups is 1. The van der Waals surface area contributed by atoms with Gasteiger partial charge < -0.3 is 19.9 Å². The average molecular weight is 415 g/mol. The summed E-state index contributed by atoms with van der Waals surface area (Å²) in [6.45, 7) is 8.46. The number of rotatable bonds is 10. The summed E-state index contributed by atoms with van der Waals surface area (Å²) in [5.74, 6) is 3.09. The van der Waals surface area contributed by atoms with Crippen LogP contribution in [0.1, 0.15) is 49.5 Å². The van der Waals surface area contributed by atoms with Gasteiger partial charge in [0.05, 0.1) is 19.7 Å². The third kappa shape index (κ3) is 6.45. The Morgan fingerprint density at radius 1 is 1.30 bits per heavy atom. The van der Waals surface area contributed by atoms with Crippen molar-refractivity contribution in [2.45, 2.75) is 45.6 Å². The Labute approximate surface area is 179 Å². The fraction of sp³-hybridized carbons (Fsp3) is 0.591. The van der Waals surface area contributed by atoms with E-state index in [-0.39, 0.29) is 6.04 Å². The van der Waals surface area contributed by atoms with Gasteiger partial charge in [-0.25, -0.2) is 0 Å². The fourth-order valence-electron chi connectivity index (χ4n) is 3.74. The molecule has 1 saturated heterocycles. The number of methoxy groups -OCH3 is 1. The summed E-state index contributed by atoms with van der Waals surface area (Å²) in [6.07, 6.45) is 4.15. The van der Waals surface area contributed by atoms with Gasteiger partial charge in [0.25, 0.3) is 0 Å². The van der Waals surface area contributed by atoms with E-state index in [4.69, 9.17) is 14.3 Å². The molecule has 2 N–H and O–H groups in total. The Balaban J connectivity index is 1.61. The molecular weight excluding hydrogens is 380 g/mol.